The average Bonchev–Trinajstić information content (AvgIpc) is 3.34. The average molecular weight is 372 g/mol. The first-order chi connectivity index (χ1) is 12.5. The van der Waals surface area contributed by atoms with E-state index in [1.807, 2.05) is 25.4 Å². The lowest BCUT2D eigenvalue weighted by atomic mass is 9.98. The van der Waals surface area contributed by atoms with E-state index in [1.165, 1.54) is 0 Å². The molecule has 134 valence electrons. The van der Waals surface area contributed by atoms with E-state index in [-0.39, 0.29) is 23.6 Å². The topological polar surface area (TPSA) is 90.2 Å². The van der Waals surface area contributed by atoms with Crippen molar-refractivity contribution in [3.05, 3.63) is 59.0 Å². The van der Waals surface area contributed by atoms with Gasteiger partial charge in [-0.25, -0.2) is 0 Å². The van der Waals surface area contributed by atoms with Crippen LogP contribution in [0.1, 0.15) is 22.0 Å². The number of rotatable bonds is 3. The number of carbonyl (C=O) groups excluding carboxylic acids is 1. The molecule has 0 aliphatic carbocycles. The van der Waals surface area contributed by atoms with Gasteiger partial charge in [0.15, 0.2) is 11.5 Å². The zero-order valence-electron chi connectivity index (χ0n) is 14.2. The highest BCUT2D eigenvalue weighted by atomic mass is 35.5. The molecule has 1 aliphatic heterocycles. The number of nitrogens with two attached hydrogens (primary N) is 1. The van der Waals surface area contributed by atoms with E-state index in [9.17, 15) is 4.79 Å². The summed E-state index contributed by atoms with van der Waals surface area (Å²) in [7, 11) is 1.86. The zero-order valence-corrected chi connectivity index (χ0v) is 14.9. The van der Waals surface area contributed by atoms with Crippen molar-refractivity contribution in [1.82, 2.24) is 19.8 Å². The standard InChI is InChI=1S/C18H18ClN5O2/c1-23-8-12(7-21-23)14-9-24(10-15(14)20)18(25)16-6-17(26-22-16)11-2-4-13(19)5-3-11/h2-8,14-15H,9-10,20H2,1H3/t14-,15+/m0/s1. The number of aromatic nitrogens is 3. The van der Waals surface area contributed by atoms with E-state index >= 15 is 0 Å². The van der Waals surface area contributed by atoms with Crippen molar-refractivity contribution in [2.45, 2.75) is 12.0 Å². The van der Waals surface area contributed by atoms with Gasteiger partial charge in [0.05, 0.1) is 6.20 Å². The second-order valence-corrected chi connectivity index (χ2v) is 6.95. The Morgan fingerprint density at radius 2 is 2.08 bits per heavy atom. The van der Waals surface area contributed by atoms with Crippen LogP contribution in [0, 0.1) is 0 Å². The minimum absolute atomic E-state index is 0.0651. The van der Waals surface area contributed by atoms with Crippen LogP contribution in [0.4, 0.5) is 0 Å². The Morgan fingerprint density at radius 1 is 1.31 bits per heavy atom. The van der Waals surface area contributed by atoms with Crippen LogP contribution in [0.2, 0.25) is 5.02 Å². The van der Waals surface area contributed by atoms with Gasteiger partial charge in [0.2, 0.25) is 0 Å². The number of halogens is 1. The van der Waals surface area contributed by atoms with Crippen LogP contribution in [0.5, 0.6) is 0 Å². The molecule has 0 spiro atoms. The summed E-state index contributed by atoms with van der Waals surface area (Å²) in [5, 5.41) is 8.75. The van der Waals surface area contributed by atoms with Crippen LogP contribution in [0.25, 0.3) is 11.3 Å². The van der Waals surface area contributed by atoms with Gasteiger partial charge in [0.25, 0.3) is 5.91 Å². The quantitative estimate of drug-likeness (QED) is 0.762. The molecule has 2 N–H and O–H groups in total. The van der Waals surface area contributed by atoms with Crippen molar-refractivity contribution in [2.75, 3.05) is 13.1 Å². The SMILES string of the molecule is Cn1cc([C@@H]2CN(C(=O)c3cc(-c4ccc(Cl)cc4)on3)C[C@H]2N)cn1. The molecule has 0 unspecified atom stereocenters. The number of likely N-dealkylation sites (tertiary alicyclic amines) is 1. The highest BCUT2D eigenvalue weighted by Crippen LogP contribution is 2.28. The van der Waals surface area contributed by atoms with Crippen LogP contribution < -0.4 is 5.73 Å². The third-order valence-corrected chi connectivity index (χ3v) is 4.92. The van der Waals surface area contributed by atoms with Gasteiger partial charge < -0.3 is 15.2 Å². The minimum atomic E-state index is -0.184. The molecule has 8 heteroatoms. The molecule has 1 aromatic carbocycles. The number of hydrogen-bond donors (Lipinski definition) is 1. The second kappa shape index (κ2) is 6.59. The molecule has 0 bridgehead atoms. The summed E-state index contributed by atoms with van der Waals surface area (Å²) in [6.45, 7) is 1.01. The van der Waals surface area contributed by atoms with Gasteiger partial charge in [0, 0.05) is 54.9 Å². The summed E-state index contributed by atoms with van der Waals surface area (Å²) in [5.41, 5.74) is 8.37. The van der Waals surface area contributed by atoms with Gasteiger partial charge >= 0.3 is 0 Å². The minimum Gasteiger partial charge on any atom is -0.355 e. The summed E-state index contributed by atoms with van der Waals surface area (Å²) in [5.74, 6) is 0.406. The third-order valence-electron chi connectivity index (χ3n) is 4.66. The van der Waals surface area contributed by atoms with Crippen LogP contribution >= 0.6 is 11.6 Å². The Labute approximate surface area is 155 Å². The fourth-order valence-electron chi connectivity index (χ4n) is 3.27. The molecule has 1 aliphatic rings. The van der Waals surface area contributed by atoms with E-state index in [4.69, 9.17) is 21.9 Å². The number of hydrogen-bond acceptors (Lipinski definition) is 5. The summed E-state index contributed by atoms with van der Waals surface area (Å²) >= 11 is 5.90. The van der Waals surface area contributed by atoms with Crippen LogP contribution in [-0.2, 0) is 7.05 Å². The molecule has 1 amide bonds. The Balaban J connectivity index is 1.51. The predicted octanol–water partition coefficient (Wildman–Crippen LogP) is 2.30. The first kappa shape index (κ1) is 16.8. The molecule has 4 rings (SSSR count). The van der Waals surface area contributed by atoms with Crippen molar-refractivity contribution in [3.8, 4) is 11.3 Å². The summed E-state index contributed by atoms with van der Waals surface area (Å²) in [6.07, 6.45) is 3.74. The van der Waals surface area contributed by atoms with E-state index in [2.05, 4.69) is 10.3 Å². The molecule has 7 nitrogen and oxygen atoms in total. The van der Waals surface area contributed by atoms with Crippen molar-refractivity contribution >= 4 is 17.5 Å². The van der Waals surface area contributed by atoms with Crippen molar-refractivity contribution < 1.29 is 9.32 Å². The Morgan fingerprint density at radius 3 is 2.77 bits per heavy atom. The predicted molar refractivity (Wildman–Crippen MR) is 96.8 cm³/mol. The van der Waals surface area contributed by atoms with Gasteiger partial charge in [-0.3, -0.25) is 9.48 Å². The lowest BCUT2D eigenvalue weighted by Gasteiger charge is -2.13. The molecule has 1 fully saturated rings. The van der Waals surface area contributed by atoms with E-state index in [0.717, 1.165) is 11.1 Å². The molecule has 26 heavy (non-hydrogen) atoms. The molecule has 0 radical (unpaired) electrons. The zero-order chi connectivity index (χ0) is 18.3. The smallest absolute Gasteiger partial charge is 0.276 e. The lowest BCUT2D eigenvalue weighted by molar-refractivity contribution is 0.0779. The molecular weight excluding hydrogens is 354 g/mol. The fraction of sp³-hybridized carbons (Fsp3) is 0.278. The number of nitrogens with zero attached hydrogens (tertiary/aromatic N) is 4. The molecule has 3 aromatic rings. The highest BCUT2D eigenvalue weighted by Gasteiger charge is 2.35. The van der Waals surface area contributed by atoms with Crippen LogP contribution in [0.3, 0.4) is 0 Å². The summed E-state index contributed by atoms with van der Waals surface area (Å²) in [6, 6.07) is 8.68. The number of aryl methyl sites for hydroxylation is 1. The molecule has 2 aromatic heterocycles. The number of amides is 1. The van der Waals surface area contributed by atoms with Gasteiger partial charge in [-0.2, -0.15) is 5.10 Å². The normalized spacial score (nSPS) is 19.9. The van der Waals surface area contributed by atoms with Crippen molar-refractivity contribution in [2.24, 2.45) is 12.8 Å². The first-order valence-corrected chi connectivity index (χ1v) is 8.65. The summed E-state index contributed by atoms with van der Waals surface area (Å²) < 4.78 is 7.07. The largest absolute Gasteiger partial charge is 0.355 e. The van der Waals surface area contributed by atoms with Crippen LogP contribution in [0.15, 0.2) is 47.2 Å². The van der Waals surface area contributed by atoms with Crippen LogP contribution in [-0.4, -0.2) is 44.9 Å². The Bertz CT molecular complexity index is 933. The maximum atomic E-state index is 12.8. The van der Waals surface area contributed by atoms with E-state index in [1.54, 1.807) is 34.0 Å². The fourth-order valence-corrected chi connectivity index (χ4v) is 3.39. The third kappa shape index (κ3) is 3.11. The van der Waals surface area contributed by atoms with Gasteiger partial charge in [-0.1, -0.05) is 16.8 Å². The molecule has 1 saturated heterocycles. The molecule has 2 atom stereocenters. The summed E-state index contributed by atoms with van der Waals surface area (Å²) in [4.78, 5) is 14.5. The number of benzene rings is 1. The van der Waals surface area contributed by atoms with Gasteiger partial charge in [-0.05, 0) is 29.8 Å². The lowest BCUT2D eigenvalue weighted by Crippen LogP contribution is -2.32. The monoisotopic (exact) mass is 371 g/mol. The highest BCUT2D eigenvalue weighted by molar-refractivity contribution is 6.30. The maximum absolute atomic E-state index is 12.8. The number of carbonyl (C=O) groups is 1. The second-order valence-electron chi connectivity index (χ2n) is 6.51. The van der Waals surface area contributed by atoms with E-state index in [0.29, 0.717) is 23.9 Å². The Kier molecular flexibility index (Phi) is 4.26. The van der Waals surface area contributed by atoms with Crippen molar-refractivity contribution in [3.63, 3.8) is 0 Å². The molecule has 3 heterocycles. The van der Waals surface area contributed by atoms with Crippen molar-refractivity contribution in [1.29, 1.82) is 0 Å². The Hall–Kier alpha value is -2.64. The maximum Gasteiger partial charge on any atom is 0.276 e. The molecule has 0 saturated carbocycles. The molecular formula is C18H18ClN5O2. The van der Waals surface area contributed by atoms with Gasteiger partial charge in [0.1, 0.15) is 0 Å². The first-order valence-electron chi connectivity index (χ1n) is 8.27. The van der Waals surface area contributed by atoms with Gasteiger partial charge in [-0.15, -0.1) is 0 Å². The van der Waals surface area contributed by atoms with E-state index < -0.39 is 0 Å².